The number of aryl methyl sites for hydroxylation is 1. The van der Waals surface area contributed by atoms with Gasteiger partial charge in [0.15, 0.2) is 0 Å². The number of phenolic OH excluding ortho intramolecular Hbond substituents is 1. The maximum absolute atomic E-state index is 10.8. The summed E-state index contributed by atoms with van der Waals surface area (Å²) in [4.78, 5) is 0. The van der Waals surface area contributed by atoms with Crippen LogP contribution in [-0.4, -0.2) is 18.8 Å². The highest BCUT2D eigenvalue weighted by Gasteiger charge is 2.25. The molecule has 0 amide bonds. The number of pyridine rings is 1. The number of aromatic nitrogens is 1. The number of phenols is 1. The summed E-state index contributed by atoms with van der Waals surface area (Å²) in [5.41, 5.74) is 3.14. The van der Waals surface area contributed by atoms with Crippen LogP contribution in [0, 0.1) is 0 Å². The number of benzene rings is 2. The highest BCUT2D eigenvalue weighted by molar-refractivity contribution is 5.91. The molecule has 0 radical (unpaired) electrons. The molecule has 0 spiro atoms. The van der Waals surface area contributed by atoms with Crippen molar-refractivity contribution in [3.8, 4) is 28.5 Å². The Morgan fingerprint density at radius 1 is 0.966 bits per heavy atom. The molecular formula is C24H30BrNO3. The van der Waals surface area contributed by atoms with Crippen LogP contribution in [0.4, 0.5) is 0 Å². The van der Waals surface area contributed by atoms with E-state index in [9.17, 15) is 5.11 Å². The number of hydrogen-bond acceptors (Lipinski definition) is 3. The van der Waals surface area contributed by atoms with Crippen molar-refractivity contribution in [2.75, 3.05) is 13.7 Å². The van der Waals surface area contributed by atoms with Crippen LogP contribution >= 0.6 is 0 Å². The summed E-state index contributed by atoms with van der Waals surface area (Å²) >= 11 is 0. The first-order valence-electron chi connectivity index (χ1n) is 10.1. The molecule has 0 fully saturated rings. The van der Waals surface area contributed by atoms with Crippen molar-refractivity contribution < 1.29 is 36.1 Å². The second-order valence-corrected chi connectivity index (χ2v) is 7.01. The van der Waals surface area contributed by atoms with E-state index in [0.717, 1.165) is 60.1 Å². The number of nitrogens with zero attached hydrogens (tertiary/aromatic N) is 1. The Morgan fingerprint density at radius 2 is 1.69 bits per heavy atom. The fraction of sp³-hybridized carbons (Fsp3) is 0.375. The molecular weight excluding hydrogens is 430 g/mol. The number of rotatable bonds is 9. The van der Waals surface area contributed by atoms with Crippen molar-refractivity contribution in [1.82, 2.24) is 0 Å². The molecule has 29 heavy (non-hydrogen) atoms. The number of halogens is 1. The Balaban J connectivity index is 0.00000300. The first kappa shape index (κ1) is 23.0. The largest absolute Gasteiger partial charge is 1.00 e. The van der Waals surface area contributed by atoms with Gasteiger partial charge < -0.3 is 31.6 Å². The molecule has 3 aromatic rings. The summed E-state index contributed by atoms with van der Waals surface area (Å²) in [5.74, 6) is 1.54. The molecule has 3 rings (SSSR count). The van der Waals surface area contributed by atoms with Gasteiger partial charge in [-0.15, -0.1) is 0 Å². The Bertz CT molecular complexity index is 929. The zero-order valence-electron chi connectivity index (χ0n) is 17.5. The van der Waals surface area contributed by atoms with Gasteiger partial charge in [-0.2, -0.15) is 4.57 Å². The molecule has 1 heterocycles. The molecule has 0 atom stereocenters. The molecule has 0 aliphatic carbocycles. The first-order chi connectivity index (χ1) is 13.7. The highest BCUT2D eigenvalue weighted by Crippen LogP contribution is 2.37. The molecule has 1 N–H and O–H groups in total. The Morgan fingerprint density at radius 3 is 2.34 bits per heavy atom. The number of aromatic hydroxyl groups is 1. The predicted octanol–water partition coefficient (Wildman–Crippen LogP) is 2.49. The normalized spacial score (nSPS) is 10.6. The number of ether oxygens (including phenoxy) is 2. The highest BCUT2D eigenvalue weighted by atomic mass is 79.9. The molecule has 1 aromatic heterocycles. The van der Waals surface area contributed by atoms with Gasteiger partial charge in [-0.25, -0.2) is 0 Å². The van der Waals surface area contributed by atoms with Crippen molar-refractivity contribution in [2.45, 2.75) is 46.1 Å². The van der Waals surface area contributed by atoms with Crippen molar-refractivity contribution in [3.05, 3.63) is 48.5 Å². The summed E-state index contributed by atoms with van der Waals surface area (Å²) in [6, 6.07) is 16.0. The van der Waals surface area contributed by atoms with Gasteiger partial charge in [-0.3, -0.25) is 0 Å². The summed E-state index contributed by atoms with van der Waals surface area (Å²) in [6.45, 7) is 5.82. The molecule has 2 aromatic carbocycles. The van der Waals surface area contributed by atoms with E-state index in [-0.39, 0.29) is 22.7 Å². The third kappa shape index (κ3) is 5.21. The summed E-state index contributed by atoms with van der Waals surface area (Å²) in [6.07, 6.45) is 4.18. The molecule has 5 heteroatoms. The minimum absolute atomic E-state index is 0. The van der Waals surface area contributed by atoms with Gasteiger partial charge in [0.25, 0.3) is 0 Å². The lowest BCUT2D eigenvalue weighted by Crippen LogP contribution is -3.00. The fourth-order valence-electron chi connectivity index (χ4n) is 3.42. The maximum Gasteiger partial charge on any atom is 0.224 e. The fourth-order valence-corrected chi connectivity index (χ4v) is 3.42. The molecule has 0 bridgehead atoms. The first-order valence-corrected chi connectivity index (χ1v) is 10.1. The van der Waals surface area contributed by atoms with E-state index in [1.54, 1.807) is 13.2 Å². The molecule has 0 saturated heterocycles. The summed E-state index contributed by atoms with van der Waals surface area (Å²) in [5, 5.41) is 11.5. The van der Waals surface area contributed by atoms with Gasteiger partial charge in [-0.05, 0) is 18.6 Å². The number of methoxy groups -OCH3 is 1. The SMILES string of the molecule is CCCCOc1cc(-c2ccccc2)[n+](CCCC)c2cc(OC)cc(O)c12.[Br-]. The summed E-state index contributed by atoms with van der Waals surface area (Å²) in [7, 11) is 1.62. The predicted molar refractivity (Wildman–Crippen MR) is 113 cm³/mol. The van der Waals surface area contributed by atoms with Crippen LogP contribution in [0.25, 0.3) is 22.2 Å². The minimum atomic E-state index is 0. The lowest BCUT2D eigenvalue weighted by atomic mass is 10.1. The van der Waals surface area contributed by atoms with Crippen LogP contribution < -0.4 is 31.0 Å². The van der Waals surface area contributed by atoms with Crippen molar-refractivity contribution >= 4 is 10.9 Å². The van der Waals surface area contributed by atoms with Crippen LogP contribution in [0.3, 0.4) is 0 Å². The molecule has 156 valence electrons. The molecule has 0 unspecified atom stereocenters. The van der Waals surface area contributed by atoms with Crippen LogP contribution in [0.1, 0.15) is 39.5 Å². The van der Waals surface area contributed by atoms with Crippen LogP contribution in [0.2, 0.25) is 0 Å². The van der Waals surface area contributed by atoms with Crippen LogP contribution in [0.15, 0.2) is 48.5 Å². The smallest absolute Gasteiger partial charge is 0.224 e. The van der Waals surface area contributed by atoms with Gasteiger partial charge >= 0.3 is 0 Å². The quantitative estimate of drug-likeness (QED) is 0.394. The third-order valence-electron chi connectivity index (χ3n) is 4.96. The standard InChI is InChI=1S/C24H29NO3.BrH/c1-4-6-13-25-20(18-11-9-8-10-12-18)17-23(28-14-7-5-2)24-21(25)15-19(27-3)16-22(24)26;/h8-12,15-17H,4-7,13-14H2,1-3H3;1H. The van der Waals surface area contributed by atoms with Crippen molar-refractivity contribution in [2.24, 2.45) is 0 Å². The second kappa shape index (κ2) is 11.1. The lowest BCUT2D eigenvalue weighted by Gasteiger charge is -2.14. The number of hydrogen-bond donors (Lipinski definition) is 1. The summed E-state index contributed by atoms with van der Waals surface area (Å²) < 4.78 is 13.8. The third-order valence-corrected chi connectivity index (χ3v) is 4.96. The van der Waals surface area contributed by atoms with E-state index in [0.29, 0.717) is 12.4 Å². The lowest BCUT2D eigenvalue weighted by molar-refractivity contribution is -0.661. The maximum atomic E-state index is 10.8. The average molecular weight is 460 g/mol. The van der Waals surface area contributed by atoms with E-state index >= 15 is 0 Å². The molecule has 0 saturated carbocycles. The van der Waals surface area contributed by atoms with Crippen molar-refractivity contribution in [1.29, 1.82) is 0 Å². The van der Waals surface area contributed by atoms with Gasteiger partial charge in [0.1, 0.15) is 29.2 Å². The minimum Gasteiger partial charge on any atom is -1.00 e. The van der Waals surface area contributed by atoms with Crippen LogP contribution in [0.5, 0.6) is 17.2 Å². The van der Waals surface area contributed by atoms with E-state index in [1.807, 2.05) is 24.3 Å². The monoisotopic (exact) mass is 459 g/mol. The average Bonchev–Trinajstić information content (AvgIpc) is 2.73. The Labute approximate surface area is 183 Å². The van der Waals surface area contributed by atoms with Gasteiger partial charge in [0, 0.05) is 18.1 Å². The number of fused-ring (bicyclic) bond motifs is 1. The molecule has 0 aliphatic heterocycles. The van der Waals surface area contributed by atoms with E-state index in [2.05, 4.69) is 36.6 Å². The van der Waals surface area contributed by atoms with Crippen LogP contribution in [-0.2, 0) is 6.54 Å². The van der Waals surface area contributed by atoms with Crippen molar-refractivity contribution in [3.63, 3.8) is 0 Å². The number of unbranched alkanes of at least 4 members (excludes halogenated alkanes) is 2. The van der Waals surface area contributed by atoms with E-state index in [1.165, 1.54) is 0 Å². The second-order valence-electron chi connectivity index (χ2n) is 7.01. The zero-order chi connectivity index (χ0) is 19.9. The molecule has 0 aliphatic rings. The Kier molecular flexibility index (Phi) is 8.77. The van der Waals surface area contributed by atoms with E-state index < -0.39 is 0 Å². The zero-order valence-corrected chi connectivity index (χ0v) is 19.0. The molecule has 4 nitrogen and oxygen atoms in total. The Hall–Kier alpha value is -2.27. The van der Waals surface area contributed by atoms with Gasteiger partial charge in [0.05, 0.1) is 25.8 Å². The van der Waals surface area contributed by atoms with E-state index in [4.69, 9.17) is 9.47 Å². The van der Waals surface area contributed by atoms with Gasteiger partial charge in [0.2, 0.25) is 11.2 Å². The van der Waals surface area contributed by atoms with Gasteiger partial charge in [-0.1, -0.05) is 44.9 Å². The topological polar surface area (TPSA) is 42.6 Å².